The van der Waals surface area contributed by atoms with Crippen molar-refractivity contribution in [3.05, 3.63) is 74.9 Å². The molecular formula is C18H15BrN5O5+. The van der Waals surface area contributed by atoms with Crippen molar-refractivity contribution in [1.29, 1.82) is 0 Å². The van der Waals surface area contributed by atoms with Crippen LogP contribution in [0.1, 0.15) is 21.6 Å². The molecule has 2 aromatic carbocycles. The monoisotopic (exact) mass is 460 g/mol. The first-order chi connectivity index (χ1) is 13.8. The lowest BCUT2D eigenvalue weighted by Gasteiger charge is -2.01. The Hall–Kier alpha value is -3.73. The number of hydrogen-bond donors (Lipinski definition) is 4. The number of phenols is 2. The van der Waals surface area contributed by atoms with Gasteiger partial charge < -0.3 is 10.2 Å². The van der Waals surface area contributed by atoms with Crippen molar-refractivity contribution in [2.75, 3.05) is 0 Å². The van der Waals surface area contributed by atoms with E-state index in [1.54, 1.807) is 0 Å². The van der Waals surface area contributed by atoms with Crippen LogP contribution in [0.4, 0.5) is 5.69 Å². The van der Waals surface area contributed by atoms with Gasteiger partial charge >= 0.3 is 5.69 Å². The number of hydrogen-bond acceptors (Lipinski definition) is 6. The fraction of sp³-hybridized carbons (Fsp3) is 0.0556. The van der Waals surface area contributed by atoms with Gasteiger partial charge in [-0.15, -0.1) is 0 Å². The summed E-state index contributed by atoms with van der Waals surface area (Å²) in [5, 5.41) is 36.0. The molecule has 0 saturated carbocycles. The van der Waals surface area contributed by atoms with E-state index >= 15 is 0 Å². The molecule has 0 aliphatic heterocycles. The molecule has 0 unspecified atom stereocenters. The third kappa shape index (κ3) is 4.96. The number of hydrazone groups is 1. The molecule has 1 aromatic heterocycles. The Labute approximate surface area is 172 Å². The van der Waals surface area contributed by atoms with E-state index in [2.05, 4.69) is 31.6 Å². The van der Waals surface area contributed by atoms with E-state index in [0.717, 1.165) is 22.3 Å². The van der Waals surface area contributed by atoms with Crippen LogP contribution < -0.4 is 5.43 Å². The van der Waals surface area contributed by atoms with E-state index in [4.69, 9.17) is 0 Å². The number of carbonyl (C=O) groups excluding carboxylic acids is 1. The highest BCUT2D eigenvalue weighted by Gasteiger charge is 2.29. The van der Waals surface area contributed by atoms with E-state index in [1.165, 1.54) is 23.0 Å². The van der Waals surface area contributed by atoms with Crippen molar-refractivity contribution in [2.24, 2.45) is 5.10 Å². The maximum absolute atomic E-state index is 12.3. The molecule has 0 radical (unpaired) electrons. The van der Waals surface area contributed by atoms with Crippen LogP contribution in [-0.2, 0) is 6.54 Å². The normalized spacial score (nSPS) is 10.9. The van der Waals surface area contributed by atoms with Crippen LogP contribution in [0.3, 0.4) is 0 Å². The van der Waals surface area contributed by atoms with Crippen molar-refractivity contribution in [2.45, 2.75) is 6.54 Å². The van der Waals surface area contributed by atoms with Crippen LogP contribution in [0.2, 0.25) is 0 Å². The molecule has 0 atom stereocenters. The molecule has 1 amide bonds. The topological polar surface area (TPSA) is 140 Å². The standard InChI is InChI=1S/C18H14BrN5O5/c19-13-4-1-11(2-5-13)9-23-10-15(24(28)29)17(22-23)18(27)21-20-8-12-3-6-14(25)7-16(12)26/h1-8,10H,9H2,(H3-,20,21,22,25,26,27,28,29)/p+1. The predicted octanol–water partition coefficient (Wildman–Crippen LogP) is 2.67. The Morgan fingerprint density at radius 2 is 1.97 bits per heavy atom. The van der Waals surface area contributed by atoms with Crippen molar-refractivity contribution < 1.29 is 25.1 Å². The van der Waals surface area contributed by atoms with Gasteiger partial charge in [-0.25, -0.2) is 10.6 Å². The zero-order valence-corrected chi connectivity index (χ0v) is 16.3. The SMILES string of the molecule is O=C(N/N=C/c1ccc(O)cc1O)c1nn(Cc2ccc(Br)cc2)cc1[N+](=O)O. The molecule has 0 aliphatic carbocycles. The van der Waals surface area contributed by atoms with Crippen molar-refractivity contribution in [3.63, 3.8) is 0 Å². The minimum Gasteiger partial charge on any atom is -0.508 e. The molecule has 1 heterocycles. The van der Waals surface area contributed by atoms with Gasteiger partial charge in [-0.05, 0) is 29.8 Å². The molecule has 4 N–H and O–H groups in total. The fourth-order valence-corrected chi connectivity index (χ4v) is 2.69. The second-order valence-corrected chi connectivity index (χ2v) is 6.82. The van der Waals surface area contributed by atoms with Gasteiger partial charge in [-0.1, -0.05) is 28.1 Å². The predicted molar refractivity (Wildman–Crippen MR) is 105 cm³/mol. The molecule has 0 saturated heterocycles. The molecule has 0 bridgehead atoms. The number of aromatic hydroxyl groups is 2. The first-order valence-corrected chi connectivity index (χ1v) is 8.96. The summed E-state index contributed by atoms with van der Waals surface area (Å²) in [6.45, 7) is 0.270. The van der Waals surface area contributed by atoms with E-state index in [9.17, 15) is 25.1 Å². The molecule has 11 heteroatoms. The van der Waals surface area contributed by atoms with Crippen LogP contribution >= 0.6 is 15.9 Å². The van der Waals surface area contributed by atoms with Gasteiger partial charge in [0, 0.05) is 16.1 Å². The highest BCUT2D eigenvalue weighted by Crippen LogP contribution is 2.21. The number of benzene rings is 2. The fourth-order valence-electron chi connectivity index (χ4n) is 2.43. The second kappa shape index (κ2) is 8.52. The summed E-state index contributed by atoms with van der Waals surface area (Å²) in [7, 11) is 0. The van der Waals surface area contributed by atoms with Crippen molar-refractivity contribution >= 4 is 33.7 Å². The van der Waals surface area contributed by atoms with Gasteiger partial charge in [-0.3, -0.25) is 9.48 Å². The second-order valence-electron chi connectivity index (χ2n) is 5.90. The number of amides is 1. The highest BCUT2D eigenvalue weighted by molar-refractivity contribution is 9.10. The summed E-state index contributed by atoms with van der Waals surface area (Å²) in [6.07, 6.45) is 2.39. The van der Waals surface area contributed by atoms with Crippen LogP contribution in [0.15, 0.2) is 58.2 Å². The zero-order valence-electron chi connectivity index (χ0n) is 14.7. The van der Waals surface area contributed by atoms with E-state index in [-0.39, 0.29) is 35.0 Å². The van der Waals surface area contributed by atoms with Crippen LogP contribution in [0, 0.1) is 4.91 Å². The summed E-state index contributed by atoms with van der Waals surface area (Å²) in [5.74, 6) is -1.19. The molecule has 148 valence electrons. The number of halogens is 1. The molecule has 0 aliphatic rings. The molecule has 0 fully saturated rings. The van der Waals surface area contributed by atoms with Gasteiger partial charge in [0.1, 0.15) is 17.7 Å². The van der Waals surface area contributed by atoms with Gasteiger partial charge in [0.25, 0.3) is 10.8 Å². The lowest BCUT2D eigenvalue weighted by Crippen LogP contribution is -2.20. The van der Waals surface area contributed by atoms with Crippen molar-refractivity contribution in [1.82, 2.24) is 15.2 Å². The third-order valence-corrected chi connectivity index (χ3v) is 4.33. The van der Waals surface area contributed by atoms with Crippen LogP contribution in [0.25, 0.3) is 0 Å². The number of carbonyl (C=O) groups is 1. The zero-order chi connectivity index (χ0) is 21.0. The first kappa shape index (κ1) is 20.0. The molecule has 3 aromatic rings. The lowest BCUT2D eigenvalue weighted by atomic mass is 10.2. The maximum atomic E-state index is 12.3. The lowest BCUT2D eigenvalue weighted by molar-refractivity contribution is -0.729. The minimum atomic E-state index is -0.834. The molecule has 10 nitrogen and oxygen atoms in total. The Morgan fingerprint density at radius 1 is 1.24 bits per heavy atom. The quantitative estimate of drug-likeness (QED) is 0.329. The minimum absolute atomic E-state index is 0.122. The van der Waals surface area contributed by atoms with Gasteiger partial charge in [0.15, 0.2) is 0 Å². The van der Waals surface area contributed by atoms with Gasteiger partial charge in [-0.2, -0.15) is 10.2 Å². The number of nitrogens with one attached hydrogen (secondary N) is 1. The third-order valence-electron chi connectivity index (χ3n) is 3.81. The van der Waals surface area contributed by atoms with Gasteiger partial charge in [0.2, 0.25) is 5.69 Å². The van der Waals surface area contributed by atoms with Crippen molar-refractivity contribution in [3.8, 4) is 11.5 Å². The van der Waals surface area contributed by atoms with E-state index in [0.29, 0.717) is 0 Å². The Bertz CT molecular complexity index is 1090. The largest absolute Gasteiger partial charge is 0.508 e. The highest BCUT2D eigenvalue weighted by atomic mass is 79.9. The summed E-state index contributed by atoms with van der Waals surface area (Å²) in [6, 6.07) is 11.2. The molecule has 0 spiro atoms. The first-order valence-electron chi connectivity index (χ1n) is 8.17. The molecular weight excluding hydrogens is 446 g/mol. The maximum Gasteiger partial charge on any atom is 0.367 e. The smallest absolute Gasteiger partial charge is 0.367 e. The Kier molecular flexibility index (Phi) is 5.88. The van der Waals surface area contributed by atoms with E-state index in [1.807, 2.05) is 24.3 Å². The Morgan fingerprint density at radius 3 is 2.62 bits per heavy atom. The van der Waals surface area contributed by atoms with Crippen LogP contribution in [0.5, 0.6) is 11.5 Å². The number of aromatic nitrogens is 2. The average Bonchev–Trinajstić information content (AvgIpc) is 3.09. The van der Waals surface area contributed by atoms with E-state index < -0.39 is 10.8 Å². The average molecular weight is 461 g/mol. The summed E-state index contributed by atoms with van der Waals surface area (Å²) >= 11 is 3.34. The Balaban J connectivity index is 1.76. The summed E-state index contributed by atoms with van der Waals surface area (Å²) in [5.41, 5.74) is 2.61. The number of phenolic OH excluding ortho intramolecular Hbond substituents is 2. The van der Waals surface area contributed by atoms with Crippen LogP contribution in [-0.4, -0.2) is 42.2 Å². The summed E-state index contributed by atoms with van der Waals surface area (Å²) in [4.78, 5) is 23.3. The molecule has 3 rings (SSSR count). The van der Waals surface area contributed by atoms with Gasteiger partial charge in [0.05, 0.1) is 17.7 Å². The number of nitrogens with zero attached hydrogens (tertiary/aromatic N) is 4. The summed E-state index contributed by atoms with van der Waals surface area (Å²) < 4.78 is 2.24. The molecule has 29 heavy (non-hydrogen) atoms. The number of rotatable bonds is 6.